The standard InChI is InChI=1S/C17H21F3N2O/c1-11-8-15(11)16(23)21-14-6-7-22(10-14)9-12-2-4-13(5-3-12)17(18,19)20/h2-5,11,14-15H,6-10H2,1H3,(H,21,23). The summed E-state index contributed by atoms with van der Waals surface area (Å²) in [6.07, 6.45) is -2.41. The molecular formula is C17H21F3N2O. The van der Waals surface area contributed by atoms with Gasteiger partial charge in [0.1, 0.15) is 0 Å². The van der Waals surface area contributed by atoms with Crippen LogP contribution in [0.15, 0.2) is 24.3 Å². The van der Waals surface area contributed by atoms with Crippen LogP contribution in [-0.4, -0.2) is 29.9 Å². The lowest BCUT2D eigenvalue weighted by atomic mass is 10.1. The lowest BCUT2D eigenvalue weighted by Crippen LogP contribution is -2.38. The molecule has 23 heavy (non-hydrogen) atoms. The molecule has 2 aliphatic rings. The van der Waals surface area contributed by atoms with Crippen molar-refractivity contribution in [3.05, 3.63) is 35.4 Å². The number of hydrogen-bond donors (Lipinski definition) is 1. The van der Waals surface area contributed by atoms with Gasteiger partial charge < -0.3 is 5.32 Å². The zero-order chi connectivity index (χ0) is 16.6. The molecule has 3 rings (SSSR count). The Morgan fingerprint density at radius 3 is 2.52 bits per heavy atom. The van der Waals surface area contributed by atoms with E-state index in [0.29, 0.717) is 12.5 Å². The van der Waals surface area contributed by atoms with Gasteiger partial charge in [-0.25, -0.2) is 0 Å². The van der Waals surface area contributed by atoms with Crippen LogP contribution in [0.5, 0.6) is 0 Å². The largest absolute Gasteiger partial charge is 0.416 e. The van der Waals surface area contributed by atoms with E-state index in [1.165, 1.54) is 12.1 Å². The summed E-state index contributed by atoms with van der Waals surface area (Å²) in [5, 5.41) is 3.09. The average Bonchev–Trinajstić information content (AvgIpc) is 3.06. The Morgan fingerprint density at radius 1 is 1.30 bits per heavy atom. The maximum Gasteiger partial charge on any atom is 0.416 e. The van der Waals surface area contributed by atoms with Crippen LogP contribution in [-0.2, 0) is 17.5 Å². The SMILES string of the molecule is CC1CC1C(=O)NC1CCN(Cc2ccc(C(F)(F)F)cc2)C1. The van der Waals surface area contributed by atoms with Gasteiger partial charge in [0.05, 0.1) is 5.56 Å². The van der Waals surface area contributed by atoms with Crippen molar-refractivity contribution in [2.45, 2.75) is 38.5 Å². The summed E-state index contributed by atoms with van der Waals surface area (Å²) in [6.45, 7) is 4.31. The molecule has 3 atom stereocenters. The Morgan fingerprint density at radius 2 is 1.96 bits per heavy atom. The molecule has 1 aromatic carbocycles. The molecule has 1 saturated carbocycles. The van der Waals surface area contributed by atoms with E-state index in [0.717, 1.165) is 43.6 Å². The molecule has 6 heteroatoms. The summed E-state index contributed by atoms with van der Waals surface area (Å²) in [4.78, 5) is 14.1. The quantitative estimate of drug-likeness (QED) is 0.922. The van der Waals surface area contributed by atoms with Crippen LogP contribution in [0.3, 0.4) is 0 Å². The third kappa shape index (κ3) is 4.05. The summed E-state index contributed by atoms with van der Waals surface area (Å²) >= 11 is 0. The zero-order valence-electron chi connectivity index (χ0n) is 13.1. The first-order valence-electron chi connectivity index (χ1n) is 8.02. The van der Waals surface area contributed by atoms with Crippen LogP contribution in [0.1, 0.15) is 30.9 Å². The van der Waals surface area contributed by atoms with Crippen molar-refractivity contribution in [1.29, 1.82) is 0 Å². The van der Waals surface area contributed by atoms with E-state index in [4.69, 9.17) is 0 Å². The van der Waals surface area contributed by atoms with Gasteiger partial charge in [0, 0.05) is 31.6 Å². The van der Waals surface area contributed by atoms with Crippen LogP contribution in [0.25, 0.3) is 0 Å². The van der Waals surface area contributed by atoms with Crippen molar-refractivity contribution in [3.63, 3.8) is 0 Å². The molecule has 3 nitrogen and oxygen atoms in total. The van der Waals surface area contributed by atoms with E-state index in [2.05, 4.69) is 17.1 Å². The molecule has 1 heterocycles. The number of carbonyl (C=O) groups excluding carboxylic acids is 1. The third-order valence-electron chi connectivity index (χ3n) is 4.75. The van der Waals surface area contributed by atoms with E-state index < -0.39 is 11.7 Å². The Balaban J connectivity index is 1.49. The molecular weight excluding hydrogens is 305 g/mol. The molecule has 2 fully saturated rings. The molecule has 1 amide bonds. The number of hydrogen-bond acceptors (Lipinski definition) is 2. The van der Waals surface area contributed by atoms with Gasteiger partial charge >= 0.3 is 6.18 Å². The van der Waals surface area contributed by atoms with E-state index in [9.17, 15) is 18.0 Å². The van der Waals surface area contributed by atoms with Crippen molar-refractivity contribution >= 4 is 5.91 Å². The fourth-order valence-corrected chi connectivity index (χ4v) is 3.15. The van der Waals surface area contributed by atoms with Crippen LogP contribution in [0.2, 0.25) is 0 Å². The molecule has 1 aromatic rings. The van der Waals surface area contributed by atoms with Gasteiger partial charge in [0.2, 0.25) is 5.91 Å². The lowest BCUT2D eigenvalue weighted by Gasteiger charge is -2.17. The van der Waals surface area contributed by atoms with Crippen molar-refractivity contribution in [1.82, 2.24) is 10.2 Å². The Bertz CT molecular complexity index is 570. The zero-order valence-corrected chi connectivity index (χ0v) is 13.1. The highest BCUT2D eigenvalue weighted by Crippen LogP contribution is 2.37. The predicted octanol–water partition coefficient (Wildman–Crippen LogP) is 3.05. The highest BCUT2D eigenvalue weighted by molar-refractivity contribution is 5.81. The number of nitrogens with one attached hydrogen (secondary N) is 1. The number of benzene rings is 1. The summed E-state index contributed by atoms with van der Waals surface area (Å²) in [5.41, 5.74) is 0.243. The van der Waals surface area contributed by atoms with Crippen LogP contribution >= 0.6 is 0 Å². The molecule has 1 saturated heterocycles. The minimum absolute atomic E-state index is 0.152. The Hall–Kier alpha value is -1.56. The number of carbonyl (C=O) groups is 1. The van der Waals surface area contributed by atoms with Crippen molar-refractivity contribution in [2.24, 2.45) is 11.8 Å². The van der Waals surface area contributed by atoms with Gasteiger partial charge in [-0.15, -0.1) is 0 Å². The van der Waals surface area contributed by atoms with Crippen molar-refractivity contribution in [3.8, 4) is 0 Å². The maximum atomic E-state index is 12.5. The Labute approximate surface area is 133 Å². The molecule has 0 bridgehead atoms. The van der Waals surface area contributed by atoms with Gasteiger partial charge in [-0.05, 0) is 36.5 Å². The molecule has 126 valence electrons. The molecule has 1 N–H and O–H groups in total. The highest BCUT2D eigenvalue weighted by Gasteiger charge is 2.40. The fourth-order valence-electron chi connectivity index (χ4n) is 3.15. The minimum Gasteiger partial charge on any atom is -0.352 e. The first-order chi connectivity index (χ1) is 10.8. The van der Waals surface area contributed by atoms with E-state index in [1.807, 2.05) is 0 Å². The highest BCUT2D eigenvalue weighted by atomic mass is 19.4. The molecule has 0 spiro atoms. The minimum atomic E-state index is -4.29. The van der Waals surface area contributed by atoms with Crippen LogP contribution in [0.4, 0.5) is 13.2 Å². The van der Waals surface area contributed by atoms with Crippen LogP contribution in [0, 0.1) is 11.8 Å². The number of likely N-dealkylation sites (tertiary alicyclic amines) is 1. The first-order valence-corrected chi connectivity index (χ1v) is 8.02. The van der Waals surface area contributed by atoms with Gasteiger partial charge in [-0.2, -0.15) is 13.2 Å². The smallest absolute Gasteiger partial charge is 0.352 e. The molecule has 1 aliphatic heterocycles. The Kier molecular flexibility index (Phi) is 4.36. The van der Waals surface area contributed by atoms with E-state index in [-0.39, 0.29) is 17.9 Å². The van der Waals surface area contributed by atoms with E-state index in [1.54, 1.807) is 0 Å². The van der Waals surface area contributed by atoms with Gasteiger partial charge in [0.15, 0.2) is 0 Å². The molecule has 0 radical (unpaired) electrons. The van der Waals surface area contributed by atoms with Gasteiger partial charge in [-0.3, -0.25) is 9.69 Å². The number of rotatable bonds is 4. The summed E-state index contributed by atoms with van der Waals surface area (Å²) < 4.78 is 37.6. The summed E-state index contributed by atoms with van der Waals surface area (Å²) in [5.74, 6) is 0.831. The monoisotopic (exact) mass is 326 g/mol. The number of amides is 1. The average molecular weight is 326 g/mol. The second kappa shape index (κ2) is 6.15. The van der Waals surface area contributed by atoms with Crippen molar-refractivity contribution < 1.29 is 18.0 Å². The van der Waals surface area contributed by atoms with Crippen LogP contribution < -0.4 is 5.32 Å². The number of nitrogens with zero attached hydrogens (tertiary/aromatic N) is 1. The fraction of sp³-hybridized carbons (Fsp3) is 0.588. The second-order valence-electron chi connectivity index (χ2n) is 6.74. The normalized spacial score (nSPS) is 27.9. The molecule has 1 aliphatic carbocycles. The first kappa shape index (κ1) is 16.3. The molecule has 0 aromatic heterocycles. The van der Waals surface area contributed by atoms with Crippen molar-refractivity contribution in [2.75, 3.05) is 13.1 Å². The van der Waals surface area contributed by atoms with E-state index >= 15 is 0 Å². The number of halogens is 3. The second-order valence-corrected chi connectivity index (χ2v) is 6.74. The lowest BCUT2D eigenvalue weighted by molar-refractivity contribution is -0.137. The topological polar surface area (TPSA) is 32.3 Å². The third-order valence-corrected chi connectivity index (χ3v) is 4.75. The number of alkyl halides is 3. The maximum absolute atomic E-state index is 12.5. The van der Waals surface area contributed by atoms with Gasteiger partial charge in [-0.1, -0.05) is 19.1 Å². The predicted molar refractivity (Wildman–Crippen MR) is 80.5 cm³/mol. The van der Waals surface area contributed by atoms with Gasteiger partial charge in [0.25, 0.3) is 0 Å². The molecule has 3 unspecified atom stereocenters. The summed E-state index contributed by atoms with van der Waals surface area (Å²) in [6, 6.07) is 5.46. The summed E-state index contributed by atoms with van der Waals surface area (Å²) in [7, 11) is 0.